The van der Waals surface area contributed by atoms with Gasteiger partial charge in [-0.05, 0) is 54.9 Å². The van der Waals surface area contributed by atoms with Crippen molar-refractivity contribution in [1.82, 2.24) is 14.5 Å². The minimum atomic E-state index is -0.00985. The molecule has 1 saturated heterocycles. The zero-order valence-electron chi connectivity index (χ0n) is 19.3. The third-order valence-corrected chi connectivity index (χ3v) is 6.90. The van der Waals surface area contributed by atoms with E-state index in [1.165, 1.54) is 11.1 Å². The van der Waals surface area contributed by atoms with Crippen molar-refractivity contribution in [3.05, 3.63) is 100 Å². The summed E-state index contributed by atoms with van der Waals surface area (Å²) in [5, 5.41) is 0. The van der Waals surface area contributed by atoms with Crippen LogP contribution in [0.1, 0.15) is 30.9 Å². The fourth-order valence-corrected chi connectivity index (χ4v) is 4.90. The van der Waals surface area contributed by atoms with E-state index < -0.39 is 0 Å². The van der Waals surface area contributed by atoms with E-state index in [0.717, 1.165) is 55.4 Å². The lowest BCUT2D eigenvalue weighted by Crippen LogP contribution is -2.39. The molecule has 3 aromatic carbocycles. The Kier molecular flexibility index (Phi) is 6.36. The molecule has 1 aliphatic heterocycles. The number of hydrogen-bond acceptors (Lipinski definition) is 3. The average molecular weight is 438 g/mol. The molecule has 0 radical (unpaired) electrons. The topological polar surface area (TPSA) is 38.1 Å². The van der Waals surface area contributed by atoms with Crippen LogP contribution in [-0.4, -0.2) is 27.5 Å². The van der Waals surface area contributed by atoms with Crippen LogP contribution in [0.5, 0.6) is 0 Å². The zero-order chi connectivity index (χ0) is 22.6. The molecule has 0 spiro atoms. The molecule has 0 atom stereocenters. The van der Waals surface area contributed by atoms with E-state index in [-0.39, 0.29) is 5.56 Å². The first-order chi connectivity index (χ1) is 16.2. The number of likely N-dealkylation sites (tertiary alicyclic amines) is 1. The average Bonchev–Trinajstić information content (AvgIpc) is 2.87. The van der Waals surface area contributed by atoms with E-state index in [9.17, 15) is 4.79 Å². The molecular weight excluding hydrogens is 406 g/mol. The van der Waals surface area contributed by atoms with Crippen LogP contribution in [0.2, 0.25) is 0 Å². The van der Waals surface area contributed by atoms with E-state index in [1.807, 2.05) is 41.0 Å². The van der Waals surface area contributed by atoms with E-state index in [2.05, 4.69) is 54.3 Å². The molecule has 4 nitrogen and oxygen atoms in total. The molecule has 5 rings (SSSR count). The third-order valence-electron chi connectivity index (χ3n) is 6.90. The SMILES string of the molecule is CCc1ccc(-c2nc3ccccc3n(CN3CCC(Cc4ccccc4)CC3)c2=O)cc1. The van der Waals surface area contributed by atoms with Gasteiger partial charge >= 0.3 is 0 Å². The Bertz CT molecular complexity index is 1270. The Morgan fingerprint density at radius 1 is 0.848 bits per heavy atom. The Labute approximate surface area is 195 Å². The number of nitrogens with zero attached hydrogens (tertiary/aromatic N) is 3. The van der Waals surface area contributed by atoms with Crippen molar-refractivity contribution in [2.75, 3.05) is 13.1 Å². The minimum Gasteiger partial charge on any atom is -0.291 e. The first-order valence-corrected chi connectivity index (χ1v) is 12.1. The fourth-order valence-electron chi connectivity index (χ4n) is 4.90. The Hall–Kier alpha value is -3.24. The second kappa shape index (κ2) is 9.72. The molecule has 4 aromatic rings. The highest BCUT2D eigenvalue weighted by Gasteiger charge is 2.21. The summed E-state index contributed by atoms with van der Waals surface area (Å²) in [5.74, 6) is 0.710. The molecule has 0 saturated carbocycles. The van der Waals surface area contributed by atoms with Crippen molar-refractivity contribution >= 4 is 11.0 Å². The van der Waals surface area contributed by atoms with Crippen molar-refractivity contribution in [3.63, 3.8) is 0 Å². The lowest BCUT2D eigenvalue weighted by Gasteiger charge is -2.32. The van der Waals surface area contributed by atoms with Crippen LogP contribution in [0, 0.1) is 5.92 Å². The monoisotopic (exact) mass is 437 g/mol. The Balaban J connectivity index is 1.38. The summed E-state index contributed by atoms with van der Waals surface area (Å²) in [4.78, 5) is 20.8. The van der Waals surface area contributed by atoms with Crippen molar-refractivity contribution < 1.29 is 0 Å². The maximum atomic E-state index is 13.6. The van der Waals surface area contributed by atoms with E-state index in [4.69, 9.17) is 4.98 Å². The summed E-state index contributed by atoms with van der Waals surface area (Å²) in [6.07, 6.45) is 4.45. The van der Waals surface area contributed by atoms with Crippen LogP contribution < -0.4 is 5.56 Å². The molecule has 0 aliphatic carbocycles. The van der Waals surface area contributed by atoms with Gasteiger partial charge in [0.15, 0.2) is 0 Å². The number of benzene rings is 3. The van der Waals surface area contributed by atoms with Crippen LogP contribution in [0.15, 0.2) is 83.7 Å². The molecule has 168 valence electrons. The van der Waals surface area contributed by atoms with Gasteiger partial charge in [0.2, 0.25) is 0 Å². The number of piperidine rings is 1. The normalized spacial score (nSPS) is 15.2. The molecule has 0 amide bonds. The van der Waals surface area contributed by atoms with E-state index >= 15 is 0 Å². The molecule has 0 N–H and O–H groups in total. The molecule has 0 bridgehead atoms. The summed E-state index contributed by atoms with van der Waals surface area (Å²) in [7, 11) is 0. The van der Waals surface area contributed by atoms with Gasteiger partial charge in [0, 0.05) is 18.7 Å². The van der Waals surface area contributed by atoms with Crippen molar-refractivity contribution in [2.24, 2.45) is 5.92 Å². The number of aryl methyl sites for hydroxylation is 1. The predicted octanol–water partition coefficient (Wildman–Crippen LogP) is 5.54. The minimum absolute atomic E-state index is 0.00985. The molecule has 1 aliphatic rings. The Morgan fingerprint density at radius 2 is 1.55 bits per heavy atom. The molecule has 1 aromatic heterocycles. The first kappa shape index (κ1) is 21.6. The van der Waals surface area contributed by atoms with Crippen LogP contribution >= 0.6 is 0 Å². The second-order valence-electron chi connectivity index (χ2n) is 9.13. The van der Waals surface area contributed by atoms with Crippen LogP contribution in [0.4, 0.5) is 0 Å². The highest BCUT2D eigenvalue weighted by Crippen LogP contribution is 2.23. The van der Waals surface area contributed by atoms with Crippen molar-refractivity contribution in [2.45, 2.75) is 39.3 Å². The van der Waals surface area contributed by atoms with Gasteiger partial charge in [-0.2, -0.15) is 0 Å². The number of rotatable bonds is 6. The van der Waals surface area contributed by atoms with Gasteiger partial charge in [-0.15, -0.1) is 0 Å². The summed E-state index contributed by atoms with van der Waals surface area (Å²) in [5.41, 5.74) is 5.87. The largest absolute Gasteiger partial charge is 0.291 e. The van der Waals surface area contributed by atoms with Crippen molar-refractivity contribution in [3.8, 4) is 11.3 Å². The fraction of sp³-hybridized carbons (Fsp3) is 0.310. The summed E-state index contributed by atoms with van der Waals surface area (Å²) in [6, 6.07) is 27.0. The molecule has 1 fully saturated rings. The third kappa shape index (κ3) is 4.76. The van der Waals surface area contributed by atoms with E-state index in [0.29, 0.717) is 18.3 Å². The van der Waals surface area contributed by atoms with Gasteiger partial charge in [-0.25, -0.2) is 4.98 Å². The van der Waals surface area contributed by atoms with Gasteiger partial charge in [-0.1, -0.05) is 73.7 Å². The summed E-state index contributed by atoms with van der Waals surface area (Å²) in [6.45, 7) is 4.78. The van der Waals surface area contributed by atoms with Gasteiger partial charge in [-0.3, -0.25) is 14.3 Å². The maximum absolute atomic E-state index is 13.6. The standard InChI is InChI=1S/C29H31N3O/c1-2-22-12-14-25(15-13-22)28-29(33)32(27-11-7-6-10-26(27)30-28)21-31-18-16-24(17-19-31)20-23-8-4-3-5-9-23/h3-15,24H,2,16-21H2,1H3. The zero-order valence-corrected chi connectivity index (χ0v) is 19.3. The first-order valence-electron chi connectivity index (χ1n) is 12.1. The lowest BCUT2D eigenvalue weighted by molar-refractivity contribution is 0.148. The van der Waals surface area contributed by atoms with Crippen LogP contribution in [-0.2, 0) is 19.5 Å². The number of para-hydroxylation sites is 2. The van der Waals surface area contributed by atoms with Crippen molar-refractivity contribution in [1.29, 1.82) is 0 Å². The number of aromatic nitrogens is 2. The van der Waals surface area contributed by atoms with Gasteiger partial charge in [0.05, 0.1) is 17.7 Å². The molecule has 33 heavy (non-hydrogen) atoms. The molecule has 4 heteroatoms. The van der Waals surface area contributed by atoms with Gasteiger partial charge < -0.3 is 0 Å². The summed E-state index contributed by atoms with van der Waals surface area (Å²) >= 11 is 0. The molecule has 0 unspecified atom stereocenters. The van der Waals surface area contributed by atoms with Gasteiger partial charge in [0.1, 0.15) is 5.69 Å². The number of fused-ring (bicyclic) bond motifs is 1. The van der Waals surface area contributed by atoms with Crippen LogP contribution in [0.3, 0.4) is 0 Å². The quantitative estimate of drug-likeness (QED) is 0.398. The number of hydrogen-bond donors (Lipinski definition) is 0. The lowest BCUT2D eigenvalue weighted by atomic mass is 9.90. The second-order valence-corrected chi connectivity index (χ2v) is 9.13. The highest BCUT2D eigenvalue weighted by molar-refractivity contribution is 5.77. The van der Waals surface area contributed by atoms with Gasteiger partial charge in [0.25, 0.3) is 5.56 Å². The predicted molar refractivity (Wildman–Crippen MR) is 135 cm³/mol. The maximum Gasteiger partial charge on any atom is 0.278 e. The Morgan fingerprint density at radius 3 is 2.27 bits per heavy atom. The highest BCUT2D eigenvalue weighted by atomic mass is 16.1. The van der Waals surface area contributed by atoms with E-state index in [1.54, 1.807) is 0 Å². The smallest absolute Gasteiger partial charge is 0.278 e. The molecule has 2 heterocycles. The molecular formula is C29H31N3O. The summed E-state index contributed by atoms with van der Waals surface area (Å²) < 4.78 is 1.92. The van der Waals surface area contributed by atoms with Crippen LogP contribution in [0.25, 0.3) is 22.3 Å².